The van der Waals surface area contributed by atoms with E-state index in [2.05, 4.69) is 16.0 Å². The van der Waals surface area contributed by atoms with Crippen LogP contribution in [-0.2, 0) is 14.2 Å². The lowest BCUT2D eigenvalue weighted by atomic mass is 9.96. The Balaban J connectivity index is 1.24. The third-order valence-corrected chi connectivity index (χ3v) is 6.10. The molecule has 1 aromatic rings. The van der Waals surface area contributed by atoms with Gasteiger partial charge in [0.05, 0.1) is 26.4 Å². The predicted octanol–water partition coefficient (Wildman–Crippen LogP) is 2.58. The van der Waals surface area contributed by atoms with Crippen LogP contribution in [0.2, 0.25) is 0 Å². The Bertz CT molecular complexity index is 741. The van der Waals surface area contributed by atoms with Crippen molar-refractivity contribution < 1.29 is 23.7 Å². The summed E-state index contributed by atoms with van der Waals surface area (Å²) in [4.78, 5) is 12.3. The van der Waals surface area contributed by atoms with Gasteiger partial charge in [0, 0.05) is 11.7 Å². The summed E-state index contributed by atoms with van der Waals surface area (Å²) >= 11 is 5.48. The first-order valence-corrected chi connectivity index (χ1v) is 10.9. The normalized spacial score (nSPS) is 28.4. The van der Waals surface area contributed by atoms with Crippen LogP contribution in [0.4, 0.5) is 10.5 Å². The van der Waals surface area contributed by atoms with Crippen LogP contribution in [0, 0.1) is 0 Å². The molecule has 4 rings (SSSR count). The first-order valence-electron chi connectivity index (χ1n) is 10.5. The Morgan fingerprint density at radius 2 is 1.77 bits per heavy atom. The molecule has 2 heterocycles. The van der Waals surface area contributed by atoms with E-state index in [1.165, 1.54) is 19.3 Å². The summed E-state index contributed by atoms with van der Waals surface area (Å²) in [5.74, 6) is 0.717. The van der Waals surface area contributed by atoms with Crippen molar-refractivity contribution in [2.45, 2.75) is 62.5 Å². The minimum Gasteiger partial charge on any atom is -0.497 e. The lowest BCUT2D eigenvalue weighted by molar-refractivity contribution is 0.00879. The van der Waals surface area contributed by atoms with Gasteiger partial charge in [-0.15, -0.1) is 0 Å². The van der Waals surface area contributed by atoms with E-state index in [4.69, 9.17) is 31.2 Å². The van der Waals surface area contributed by atoms with Gasteiger partial charge in [-0.2, -0.15) is 0 Å². The molecule has 9 heteroatoms. The molecule has 1 aliphatic carbocycles. The quantitative estimate of drug-likeness (QED) is 0.608. The smallest absolute Gasteiger partial charge is 0.412 e. The third kappa shape index (κ3) is 5.14. The maximum Gasteiger partial charge on any atom is 0.412 e. The number of thiocarbonyl (C=S) groups is 1. The lowest BCUT2D eigenvalue weighted by Crippen LogP contribution is -2.50. The fourth-order valence-corrected chi connectivity index (χ4v) is 4.61. The molecule has 3 aliphatic rings. The van der Waals surface area contributed by atoms with Crippen LogP contribution >= 0.6 is 12.2 Å². The average molecular weight is 436 g/mol. The Hall–Kier alpha value is -2.10. The first kappa shape index (κ1) is 21.1. The SMILES string of the molecule is COc1ccc(NC(=O)O[C@@H]2CO[C@H]3[C@@H]2OC[C@@H]3NC(=S)NC2CCCCC2)cc1. The Morgan fingerprint density at radius 1 is 1.03 bits per heavy atom. The largest absolute Gasteiger partial charge is 0.497 e. The summed E-state index contributed by atoms with van der Waals surface area (Å²) in [5.41, 5.74) is 0.627. The molecular formula is C21H29N3O5S. The maximum atomic E-state index is 12.3. The zero-order valence-corrected chi connectivity index (χ0v) is 17.9. The monoisotopic (exact) mass is 435 g/mol. The Labute approximate surface area is 182 Å². The molecule has 0 unspecified atom stereocenters. The molecule has 1 aromatic carbocycles. The van der Waals surface area contributed by atoms with Gasteiger partial charge in [0.25, 0.3) is 0 Å². The molecule has 30 heavy (non-hydrogen) atoms. The predicted molar refractivity (Wildman–Crippen MR) is 116 cm³/mol. The molecule has 0 bridgehead atoms. The van der Waals surface area contributed by atoms with Crippen molar-refractivity contribution in [2.75, 3.05) is 25.6 Å². The summed E-state index contributed by atoms with van der Waals surface area (Å²) in [7, 11) is 1.59. The Kier molecular flexibility index (Phi) is 6.91. The average Bonchev–Trinajstić information content (AvgIpc) is 3.33. The molecule has 2 saturated heterocycles. The number of benzene rings is 1. The summed E-state index contributed by atoms with van der Waals surface area (Å²) < 4.78 is 22.4. The lowest BCUT2D eigenvalue weighted by Gasteiger charge is -2.26. The Morgan fingerprint density at radius 3 is 2.50 bits per heavy atom. The number of hydrogen-bond donors (Lipinski definition) is 3. The highest BCUT2D eigenvalue weighted by Gasteiger charge is 2.49. The topological polar surface area (TPSA) is 90.1 Å². The number of carbonyl (C=O) groups is 1. The number of rotatable bonds is 5. The number of methoxy groups -OCH3 is 1. The van der Waals surface area contributed by atoms with Gasteiger partial charge in [-0.1, -0.05) is 19.3 Å². The summed E-state index contributed by atoms with van der Waals surface area (Å²) in [5, 5.41) is 10.1. The van der Waals surface area contributed by atoms with E-state index in [0.717, 1.165) is 18.6 Å². The van der Waals surface area contributed by atoms with E-state index in [1.807, 2.05) is 0 Å². The van der Waals surface area contributed by atoms with Crippen LogP contribution in [0.1, 0.15) is 32.1 Å². The van der Waals surface area contributed by atoms with Crippen LogP contribution in [0.15, 0.2) is 24.3 Å². The van der Waals surface area contributed by atoms with E-state index in [-0.39, 0.29) is 18.2 Å². The van der Waals surface area contributed by atoms with Crippen LogP contribution in [0.5, 0.6) is 5.75 Å². The van der Waals surface area contributed by atoms with Crippen molar-refractivity contribution in [3.8, 4) is 5.75 Å². The number of ether oxygens (including phenoxy) is 4. The molecule has 4 atom stereocenters. The van der Waals surface area contributed by atoms with Crippen molar-refractivity contribution in [3.63, 3.8) is 0 Å². The second kappa shape index (κ2) is 9.80. The fourth-order valence-electron chi connectivity index (χ4n) is 4.29. The van der Waals surface area contributed by atoms with Crippen molar-refractivity contribution in [1.82, 2.24) is 10.6 Å². The van der Waals surface area contributed by atoms with Gasteiger partial charge < -0.3 is 29.6 Å². The van der Waals surface area contributed by atoms with Gasteiger partial charge in [-0.25, -0.2) is 4.79 Å². The van der Waals surface area contributed by atoms with E-state index in [9.17, 15) is 4.79 Å². The summed E-state index contributed by atoms with van der Waals surface area (Å²) in [6.45, 7) is 0.758. The van der Waals surface area contributed by atoms with Crippen molar-refractivity contribution in [1.29, 1.82) is 0 Å². The first-order chi connectivity index (χ1) is 14.6. The van der Waals surface area contributed by atoms with Crippen molar-refractivity contribution >= 4 is 29.1 Å². The molecule has 3 fully saturated rings. The number of nitrogens with one attached hydrogen (secondary N) is 3. The molecule has 1 amide bonds. The summed E-state index contributed by atoms with van der Waals surface area (Å²) in [6, 6.07) is 7.42. The second-order valence-corrected chi connectivity index (χ2v) is 8.36. The minimum absolute atomic E-state index is 0.0585. The highest BCUT2D eigenvalue weighted by atomic mass is 32.1. The molecule has 1 saturated carbocycles. The zero-order valence-electron chi connectivity index (χ0n) is 17.1. The number of carbonyl (C=O) groups excluding carboxylic acids is 1. The molecule has 0 aromatic heterocycles. The van der Waals surface area contributed by atoms with Gasteiger partial charge in [0.1, 0.15) is 18.0 Å². The van der Waals surface area contributed by atoms with Crippen LogP contribution in [0.3, 0.4) is 0 Å². The second-order valence-electron chi connectivity index (χ2n) is 7.95. The van der Waals surface area contributed by atoms with E-state index >= 15 is 0 Å². The molecular weight excluding hydrogens is 406 g/mol. The van der Waals surface area contributed by atoms with E-state index in [1.54, 1.807) is 31.4 Å². The highest BCUT2D eigenvalue weighted by molar-refractivity contribution is 7.80. The number of fused-ring (bicyclic) bond motifs is 1. The molecule has 164 valence electrons. The zero-order chi connectivity index (χ0) is 20.9. The molecule has 8 nitrogen and oxygen atoms in total. The van der Waals surface area contributed by atoms with Crippen molar-refractivity contribution in [3.05, 3.63) is 24.3 Å². The standard InChI is InChI=1S/C21H29N3O5S/c1-26-15-9-7-14(8-10-15)23-21(25)29-17-12-28-18-16(11-27-19(17)18)24-20(30)22-13-5-3-2-4-6-13/h7-10,13,16-19H,2-6,11-12H2,1H3,(H,23,25)(H2,22,24,30)/t16-,17+,18+,19+/m0/s1. The molecule has 0 spiro atoms. The minimum atomic E-state index is -0.538. The molecule has 0 radical (unpaired) electrons. The molecule has 3 N–H and O–H groups in total. The number of hydrogen-bond acceptors (Lipinski definition) is 6. The van der Waals surface area contributed by atoms with Crippen LogP contribution < -0.4 is 20.7 Å². The van der Waals surface area contributed by atoms with Crippen molar-refractivity contribution in [2.24, 2.45) is 0 Å². The van der Waals surface area contributed by atoms with Crippen LogP contribution in [0.25, 0.3) is 0 Å². The number of amides is 1. The third-order valence-electron chi connectivity index (χ3n) is 5.86. The van der Waals surface area contributed by atoms with E-state index in [0.29, 0.717) is 30.1 Å². The summed E-state index contributed by atoms with van der Waals surface area (Å²) in [6.07, 6.45) is 4.62. The highest BCUT2D eigenvalue weighted by Crippen LogP contribution is 2.29. The van der Waals surface area contributed by atoms with Gasteiger partial charge in [-0.3, -0.25) is 5.32 Å². The van der Waals surface area contributed by atoms with E-state index < -0.39 is 12.2 Å². The van der Waals surface area contributed by atoms with Crippen LogP contribution in [-0.4, -0.2) is 61.9 Å². The molecule has 2 aliphatic heterocycles. The van der Waals surface area contributed by atoms with Gasteiger partial charge in [0.2, 0.25) is 0 Å². The van der Waals surface area contributed by atoms with Gasteiger partial charge in [-0.05, 0) is 49.3 Å². The number of anilines is 1. The fraction of sp³-hybridized carbons (Fsp3) is 0.619. The maximum absolute atomic E-state index is 12.3. The van der Waals surface area contributed by atoms with Gasteiger partial charge in [0.15, 0.2) is 11.2 Å². The van der Waals surface area contributed by atoms with Gasteiger partial charge >= 0.3 is 6.09 Å².